The molecule has 2 rings (SSSR count). The molecule has 0 spiro atoms. The van der Waals surface area contributed by atoms with Gasteiger partial charge >= 0.3 is 5.97 Å². The summed E-state index contributed by atoms with van der Waals surface area (Å²) in [6.45, 7) is 3.82. The highest BCUT2D eigenvalue weighted by atomic mass is 16.4. The first kappa shape index (κ1) is 11.7. The Balaban J connectivity index is 2.38. The van der Waals surface area contributed by atoms with Crippen molar-refractivity contribution in [1.29, 1.82) is 0 Å². The lowest BCUT2D eigenvalue weighted by atomic mass is 10.00. The van der Waals surface area contributed by atoms with Crippen LogP contribution in [0, 0.1) is 12.8 Å². The maximum absolute atomic E-state index is 10.8. The van der Waals surface area contributed by atoms with Crippen LogP contribution in [0.5, 0.6) is 0 Å². The van der Waals surface area contributed by atoms with Gasteiger partial charge in [0.25, 0.3) is 0 Å². The maximum Gasteiger partial charge on any atom is 0.306 e. The molecule has 0 fully saturated rings. The molecule has 0 radical (unpaired) electrons. The minimum Gasteiger partial charge on any atom is -0.481 e. The highest BCUT2D eigenvalue weighted by Crippen LogP contribution is 2.22. The predicted octanol–water partition coefficient (Wildman–Crippen LogP) is 2.75. The van der Waals surface area contributed by atoms with Crippen LogP contribution in [0.3, 0.4) is 0 Å². The van der Waals surface area contributed by atoms with Crippen LogP contribution in [0.25, 0.3) is 10.9 Å². The fraction of sp³-hybridized carbons (Fsp3) is 0.357. The van der Waals surface area contributed by atoms with E-state index in [2.05, 4.69) is 29.8 Å². The zero-order valence-electron chi connectivity index (χ0n) is 10.4. The molecule has 1 aromatic heterocycles. The van der Waals surface area contributed by atoms with Crippen molar-refractivity contribution in [2.45, 2.75) is 20.3 Å². The molecule has 0 bridgehead atoms. The molecule has 1 N–H and O–H groups in total. The Morgan fingerprint density at radius 1 is 1.47 bits per heavy atom. The van der Waals surface area contributed by atoms with E-state index in [-0.39, 0.29) is 5.92 Å². The highest BCUT2D eigenvalue weighted by molar-refractivity contribution is 5.84. The van der Waals surface area contributed by atoms with Gasteiger partial charge in [0.1, 0.15) is 0 Å². The van der Waals surface area contributed by atoms with Crippen LogP contribution in [0.15, 0.2) is 24.4 Å². The van der Waals surface area contributed by atoms with Gasteiger partial charge in [0.05, 0.1) is 5.92 Å². The Morgan fingerprint density at radius 3 is 2.82 bits per heavy atom. The Morgan fingerprint density at radius 2 is 2.18 bits per heavy atom. The molecule has 1 unspecified atom stereocenters. The number of hydrogen-bond donors (Lipinski definition) is 1. The number of nitrogens with zero attached hydrogens (tertiary/aromatic N) is 1. The Kier molecular flexibility index (Phi) is 2.92. The molecular formula is C14H17NO2. The van der Waals surface area contributed by atoms with Gasteiger partial charge in [-0.15, -0.1) is 0 Å². The number of aryl methyl sites for hydroxylation is 2. The van der Waals surface area contributed by atoms with E-state index in [4.69, 9.17) is 5.11 Å². The zero-order valence-corrected chi connectivity index (χ0v) is 10.4. The second-order valence-electron chi connectivity index (χ2n) is 4.72. The second kappa shape index (κ2) is 4.24. The number of carboxylic acid groups (broad SMARTS) is 1. The van der Waals surface area contributed by atoms with E-state index < -0.39 is 5.97 Å². The molecule has 0 saturated carbocycles. The largest absolute Gasteiger partial charge is 0.481 e. The lowest BCUT2D eigenvalue weighted by Crippen LogP contribution is -2.12. The molecule has 0 aliphatic rings. The summed E-state index contributed by atoms with van der Waals surface area (Å²) in [5.41, 5.74) is 3.49. The third-order valence-corrected chi connectivity index (χ3v) is 3.22. The minimum absolute atomic E-state index is 0.339. The number of rotatable bonds is 3. The van der Waals surface area contributed by atoms with Crippen molar-refractivity contribution in [2.24, 2.45) is 13.0 Å². The molecule has 90 valence electrons. The SMILES string of the molecule is Cc1cn(C)c2cc(CC(C)C(=O)O)ccc12. The number of hydrogen-bond acceptors (Lipinski definition) is 1. The number of carbonyl (C=O) groups is 1. The van der Waals surface area contributed by atoms with E-state index in [0.717, 1.165) is 11.1 Å². The van der Waals surface area contributed by atoms with E-state index in [1.165, 1.54) is 10.9 Å². The van der Waals surface area contributed by atoms with Crippen molar-refractivity contribution in [3.8, 4) is 0 Å². The Bertz CT molecular complexity index is 569. The smallest absolute Gasteiger partial charge is 0.306 e. The minimum atomic E-state index is -0.742. The summed E-state index contributed by atoms with van der Waals surface area (Å²) < 4.78 is 2.08. The molecule has 17 heavy (non-hydrogen) atoms. The van der Waals surface area contributed by atoms with Crippen LogP contribution in [0.4, 0.5) is 0 Å². The molecule has 0 saturated heterocycles. The predicted molar refractivity (Wildman–Crippen MR) is 68.2 cm³/mol. The molecule has 3 heteroatoms. The Labute approximate surface area is 101 Å². The lowest BCUT2D eigenvalue weighted by molar-refractivity contribution is -0.141. The number of benzene rings is 1. The number of carboxylic acids is 1. The van der Waals surface area contributed by atoms with Gasteiger partial charge in [-0.2, -0.15) is 0 Å². The summed E-state index contributed by atoms with van der Waals surface area (Å²) in [5.74, 6) is -1.08. The first-order chi connectivity index (χ1) is 7.99. The standard InChI is InChI=1S/C14H17NO2/c1-9(14(16)17)6-11-4-5-12-10(2)8-15(3)13(12)7-11/h4-5,7-9H,6H2,1-3H3,(H,16,17). The van der Waals surface area contributed by atoms with Gasteiger partial charge in [-0.1, -0.05) is 19.1 Å². The van der Waals surface area contributed by atoms with Crippen LogP contribution in [0.2, 0.25) is 0 Å². The van der Waals surface area contributed by atoms with Crippen LogP contribution in [-0.4, -0.2) is 15.6 Å². The van der Waals surface area contributed by atoms with E-state index in [0.29, 0.717) is 6.42 Å². The van der Waals surface area contributed by atoms with E-state index >= 15 is 0 Å². The fourth-order valence-electron chi connectivity index (χ4n) is 2.20. The number of aromatic nitrogens is 1. The van der Waals surface area contributed by atoms with Gasteiger partial charge in [0.15, 0.2) is 0 Å². The van der Waals surface area contributed by atoms with Gasteiger partial charge in [0, 0.05) is 24.1 Å². The summed E-state index contributed by atoms with van der Waals surface area (Å²) >= 11 is 0. The maximum atomic E-state index is 10.8. The third kappa shape index (κ3) is 2.18. The van der Waals surface area contributed by atoms with Gasteiger partial charge in [-0.05, 0) is 30.5 Å². The first-order valence-electron chi connectivity index (χ1n) is 5.76. The van der Waals surface area contributed by atoms with Crippen molar-refractivity contribution >= 4 is 16.9 Å². The molecule has 0 aliphatic carbocycles. The number of aliphatic carboxylic acids is 1. The monoisotopic (exact) mass is 231 g/mol. The molecule has 1 atom stereocenters. The first-order valence-corrected chi connectivity index (χ1v) is 5.76. The molecule has 0 amide bonds. The summed E-state index contributed by atoms with van der Waals surface area (Å²) in [5, 5.41) is 10.1. The third-order valence-electron chi connectivity index (χ3n) is 3.22. The molecular weight excluding hydrogens is 214 g/mol. The van der Waals surface area contributed by atoms with Crippen LogP contribution >= 0.6 is 0 Å². The van der Waals surface area contributed by atoms with E-state index in [9.17, 15) is 4.79 Å². The van der Waals surface area contributed by atoms with Crippen molar-refractivity contribution in [1.82, 2.24) is 4.57 Å². The van der Waals surface area contributed by atoms with Gasteiger partial charge in [-0.3, -0.25) is 4.79 Å². The van der Waals surface area contributed by atoms with Gasteiger partial charge in [0.2, 0.25) is 0 Å². The van der Waals surface area contributed by atoms with Crippen molar-refractivity contribution in [3.63, 3.8) is 0 Å². The van der Waals surface area contributed by atoms with E-state index in [1.807, 2.05) is 13.1 Å². The quantitative estimate of drug-likeness (QED) is 0.882. The number of fused-ring (bicyclic) bond motifs is 1. The lowest BCUT2D eigenvalue weighted by Gasteiger charge is -2.07. The topological polar surface area (TPSA) is 42.2 Å². The molecule has 3 nitrogen and oxygen atoms in total. The van der Waals surface area contributed by atoms with Crippen LogP contribution in [0.1, 0.15) is 18.1 Å². The van der Waals surface area contributed by atoms with Crippen LogP contribution < -0.4 is 0 Å². The summed E-state index contributed by atoms with van der Waals surface area (Å²) in [7, 11) is 2.01. The van der Waals surface area contributed by atoms with Crippen molar-refractivity contribution < 1.29 is 9.90 Å². The van der Waals surface area contributed by atoms with E-state index in [1.54, 1.807) is 6.92 Å². The van der Waals surface area contributed by atoms with Crippen LogP contribution in [-0.2, 0) is 18.3 Å². The van der Waals surface area contributed by atoms with Gasteiger partial charge < -0.3 is 9.67 Å². The summed E-state index contributed by atoms with van der Waals surface area (Å²) in [4.78, 5) is 10.8. The summed E-state index contributed by atoms with van der Waals surface area (Å²) in [6, 6.07) is 6.19. The second-order valence-corrected chi connectivity index (χ2v) is 4.72. The highest BCUT2D eigenvalue weighted by Gasteiger charge is 2.12. The van der Waals surface area contributed by atoms with Gasteiger partial charge in [-0.25, -0.2) is 0 Å². The molecule has 0 aliphatic heterocycles. The fourth-order valence-corrected chi connectivity index (χ4v) is 2.20. The average Bonchev–Trinajstić information content (AvgIpc) is 2.54. The Hall–Kier alpha value is -1.77. The zero-order chi connectivity index (χ0) is 12.6. The normalized spacial score (nSPS) is 12.9. The van der Waals surface area contributed by atoms with Crippen molar-refractivity contribution in [2.75, 3.05) is 0 Å². The van der Waals surface area contributed by atoms with Crippen molar-refractivity contribution in [3.05, 3.63) is 35.5 Å². The molecule has 1 heterocycles. The summed E-state index contributed by atoms with van der Waals surface area (Å²) in [6.07, 6.45) is 2.67. The average molecular weight is 231 g/mol. The molecule has 1 aromatic carbocycles. The molecule has 2 aromatic rings.